The average molecular weight is 391 g/mol. The molecule has 0 unspecified atom stereocenters. The van der Waals surface area contributed by atoms with Gasteiger partial charge in [0.2, 0.25) is 0 Å². The summed E-state index contributed by atoms with van der Waals surface area (Å²) in [6.07, 6.45) is 2.86. The van der Waals surface area contributed by atoms with Crippen molar-refractivity contribution >= 4 is 23.1 Å². The third kappa shape index (κ3) is 4.56. The van der Waals surface area contributed by atoms with E-state index in [4.69, 9.17) is 21.1 Å². The Balaban J connectivity index is 1.68. The van der Waals surface area contributed by atoms with Gasteiger partial charge in [-0.05, 0) is 26.2 Å². The number of nitrogens with zero attached hydrogens (tertiary/aromatic N) is 3. The van der Waals surface area contributed by atoms with Gasteiger partial charge in [-0.3, -0.25) is 0 Å². The molecule has 0 aliphatic carbocycles. The molecule has 0 saturated carbocycles. The molecule has 146 valence electrons. The second-order valence-electron chi connectivity index (χ2n) is 6.72. The summed E-state index contributed by atoms with van der Waals surface area (Å²) >= 11 is 6.33. The second kappa shape index (κ2) is 8.65. The van der Waals surface area contributed by atoms with Crippen LogP contribution in [0.1, 0.15) is 31.2 Å². The Morgan fingerprint density at radius 3 is 2.30 bits per heavy atom. The smallest absolute Gasteiger partial charge is 0.138 e. The fourth-order valence-corrected chi connectivity index (χ4v) is 3.82. The SMILES string of the molecule is CCc1c(Cl)nc(C)nc1N1CCC(Nc2cc(OC)cc(OC)c2)CC1. The molecule has 0 amide bonds. The first-order valence-corrected chi connectivity index (χ1v) is 9.69. The van der Waals surface area contributed by atoms with Gasteiger partial charge in [-0.15, -0.1) is 0 Å². The van der Waals surface area contributed by atoms with E-state index in [9.17, 15) is 0 Å². The largest absolute Gasteiger partial charge is 0.497 e. The van der Waals surface area contributed by atoms with Crippen molar-refractivity contribution in [3.8, 4) is 11.5 Å². The molecule has 0 bridgehead atoms. The van der Waals surface area contributed by atoms with Gasteiger partial charge in [-0.25, -0.2) is 9.97 Å². The fourth-order valence-electron chi connectivity index (χ4n) is 3.48. The number of benzene rings is 1. The highest BCUT2D eigenvalue weighted by Gasteiger charge is 2.23. The predicted octanol–water partition coefficient (Wildman–Crippen LogP) is 4.10. The molecule has 2 aromatic rings. The molecule has 1 aliphatic heterocycles. The summed E-state index contributed by atoms with van der Waals surface area (Å²) in [5.41, 5.74) is 2.05. The predicted molar refractivity (Wildman–Crippen MR) is 110 cm³/mol. The van der Waals surface area contributed by atoms with Crippen LogP contribution in [0.25, 0.3) is 0 Å². The summed E-state index contributed by atoms with van der Waals surface area (Å²) in [5.74, 6) is 3.27. The minimum absolute atomic E-state index is 0.390. The Morgan fingerprint density at radius 2 is 1.74 bits per heavy atom. The monoisotopic (exact) mass is 390 g/mol. The molecular weight excluding hydrogens is 364 g/mol. The van der Waals surface area contributed by atoms with Gasteiger partial charge in [0.25, 0.3) is 0 Å². The molecule has 3 rings (SSSR count). The Bertz CT molecular complexity index is 770. The highest BCUT2D eigenvalue weighted by molar-refractivity contribution is 6.30. The van der Waals surface area contributed by atoms with Gasteiger partial charge in [0.05, 0.1) is 14.2 Å². The van der Waals surface area contributed by atoms with Gasteiger partial charge < -0.3 is 19.7 Å². The number of halogens is 1. The Hall–Kier alpha value is -2.21. The van der Waals surface area contributed by atoms with Gasteiger partial charge in [0.1, 0.15) is 28.3 Å². The van der Waals surface area contributed by atoms with Crippen LogP contribution in [-0.4, -0.2) is 43.3 Å². The van der Waals surface area contributed by atoms with Gasteiger partial charge in [0, 0.05) is 48.6 Å². The molecule has 1 aliphatic rings. The fraction of sp³-hybridized carbons (Fsp3) is 0.500. The molecule has 7 heteroatoms. The zero-order valence-electron chi connectivity index (χ0n) is 16.4. The molecule has 1 aromatic carbocycles. The van der Waals surface area contributed by atoms with E-state index >= 15 is 0 Å². The van der Waals surface area contributed by atoms with Crippen LogP contribution in [0.15, 0.2) is 18.2 Å². The number of methoxy groups -OCH3 is 2. The van der Waals surface area contributed by atoms with Crippen LogP contribution in [-0.2, 0) is 6.42 Å². The number of nitrogens with one attached hydrogen (secondary N) is 1. The number of ether oxygens (including phenoxy) is 2. The first kappa shape index (κ1) is 19.5. The first-order valence-electron chi connectivity index (χ1n) is 9.31. The van der Waals surface area contributed by atoms with Crippen molar-refractivity contribution in [2.75, 3.05) is 37.5 Å². The molecule has 1 saturated heterocycles. The van der Waals surface area contributed by atoms with Crippen molar-refractivity contribution in [2.24, 2.45) is 0 Å². The molecule has 2 heterocycles. The molecule has 27 heavy (non-hydrogen) atoms. The van der Waals surface area contributed by atoms with Gasteiger partial charge in [0.15, 0.2) is 0 Å². The summed E-state index contributed by atoms with van der Waals surface area (Å²) in [7, 11) is 3.33. The zero-order chi connectivity index (χ0) is 19.4. The number of aromatic nitrogens is 2. The summed E-state index contributed by atoms with van der Waals surface area (Å²) in [6, 6.07) is 6.26. The van der Waals surface area contributed by atoms with Crippen LogP contribution in [0.3, 0.4) is 0 Å². The molecule has 1 aromatic heterocycles. The summed E-state index contributed by atoms with van der Waals surface area (Å²) < 4.78 is 10.7. The van der Waals surface area contributed by atoms with E-state index in [1.165, 1.54) is 0 Å². The van der Waals surface area contributed by atoms with Crippen LogP contribution in [0, 0.1) is 6.92 Å². The highest BCUT2D eigenvalue weighted by atomic mass is 35.5. The zero-order valence-corrected chi connectivity index (χ0v) is 17.1. The maximum Gasteiger partial charge on any atom is 0.138 e. The van der Waals surface area contributed by atoms with Gasteiger partial charge in [-0.1, -0.05) is 18.5 Å². The Morgan fingerprint density at radius 1 is 1.11 bits per heavy atom. The van der Waals surface area contributed by atoms with Gasteiger partial charge >= 0.3 is 0 Å². The van der Waals surface area contributed by atoms with E-state index < -0.39 is 0 Å². The maximum atomic E-state index is 6.33. The molecule has 0 radical (unpaired) electrons. The second-order valence-corrected chi connectivity index (χ2v) is 7.08. The Labute approximate surface area is 165 Å². The Kier molecular flexibility index (Phi) is 6.26. The van der Waals surface area contributed by atoms with E-state index in [0.717, 1.165) is 66.7 Å². The van der Waals surface area contributed by atoms with E-state index in [0.29, 0.717) is 11.2 Å². The maximum absolute atomic E-state index is 6.33. The number of hydrogen-bond donors (Lipinski definition) is 1. The summed E-state index contributed by atoms with van der Waals surface area (Å²) in [5, 5.41) is 4.18. The van der Waals surface area contributed by atoms with E-state index in [-0.39, 0.29) is 0 Å². The molecule has 0 spiro atoms. The van der Waals surface area contributed by atoms with Crippen molar-refractivity contribution in [2.45, 2.75) is 39.2 Å². The lowest BCUT2D eigenvalue weighted by molar-refractivity contribution is 0.394. The van der Waals surface area contributed by atoms with Crippen LogP contribution in [0.4, 0.5) is 11.5 Å². The number of rotatable bonds is 6. The van der Waals surface area contributed by atoms with Crippen molar-refractivity contribution in [3.63, 3.8) is 0 Å². The third-order valence-electron chi connectivity index (χ3n) is 4.92. The lowest BCUT2D eigenvalue weighted by Gasteiger charge is -2.34. The number of hydrogen-bond acceptors (Lipinski definition) is 6. The highest BCUT2D eigenvalue weighted by Crippen LogP contribution is 2.30. The lowest BCUT2D eigenvalue weighted by atomic mass is 10.0. The van der Waals surface area contributed by atoms with Crippen molar-refractivity contribution in [1.29, 1.82) is 0 Å². The van der Waals surface area contributed by atoms with Crippen molar-refractivity contribution < 1.29 is 9.47 Å². The van der Waals surface area contributed by atoms with Crippen LogP contribution < -0.4 is 19.7 Å². The van der Waals surface area contributed by atoms with E-state index in [1.54, 1.807) is 14.2 Å². The molecular formula is C20H27ClN4O2. The van der Waals surface area contributed by atoms with E-state index in [1.807, 2.05) is 25.1 Å². The van der Waals surface area contributed by atoms with Crippen LogP contribution in [0.5, 0.6) is 11.5 Å². The number of piperidine rings is 1. The number of anilines is 2. The standard InChI is InChI=1S/C20H27ClN4O2/c1-5-18-19(21)22-13(2)23-20(18)25-8-6-14(7-9-25)24-15-10-16(26-3)12-17(11-15)27-4/h10-12,14,24H,5-9H2,1-4H3. The van der Waals surface area contributed by atoms with Crippen LogP contribution >= 0.6 is 11.6 Å². The summed E-state index contributed by atoms with van der Waals surface area (Å²) in [6.45, 7) is 5.84. The first-order chi connectivity index (χ1) is 13.0. The quantitative estimate of drug-likeness (QED) is 0.749. The van der Waals surface area contributed by atoms with Crippen molar-refractivity contribution in [1.82, 2.24) is 9.97 Å². The van der Waals surface area contributed by atoms with Crippen LogP contribution in [0.2, 0.25) is 5.15 Å². The van der Waals surface area contributed by atoms with Crippen molar-refractivity contribution in [3.05, 3.63) is 34.7 Å². The minimum atomic E-state index is 0.390. The topological polar surface area (TPSA) is 59.5 Å². The molecule has 1 fully saturated rings. The molecule has 1 N–H and O–H groups in total. The lowest BCUT2D eigenvalue weighted by Crippen LogP contribution is -2.40. The van der Waals surface area contributed by atoms with E-state index in [2.05, 4.69) is 27.1 Å². The molecule has 0 atom stereocenters. The normalized spacial score (nSPS) is 14.9. The minimum Gasteiger partial charge on any atom is -0.497 e. The third-order valence-corrected chi connectivity index (χ3v) is 5.23. The molecule has 6 nitrogen and oxygen atoms in total. The summed E-state index contributed by atoms with van der Waals surface area (Å²) in [4.78, 5) is 11.3. The average Bonchev–Trinajstić information content (AvgIpc) is 2.67. The van der Waals surface area contributed by atoms with Gasteiger partial charge in [-0.2, -0.15) is 0 Å². The number of aryl methyl sites for hydroxylation is 1.